The molecule has 0 aliphatic rings. The standard InChI is InChI=1S/C20H20N4O.C7H11Cl.2C2H6/c1-3-23(17-12-8-5-9-13-17)18-15(2)24(20(21)22-19(18)25)14-16-10-6-4-7-11-16;1-6(2)4-5-7(3)8;2*1-2/h3-13H,1,14H2,2H3,(H2,21,22,25);4-6H,3H2,1-2H3;2*1-2H3/b;5-4-;;. The third kappa shape index (κ3) is 11.4. The molecule has 0 atom stereocenters. The molecule has 3 rings (SSSR count). The molecule has 0 saturated heterocycles. The van der Waals surface area contributed by atoms with Gasteiger partial charge in [0, 0.05) is 22.6 Å². The summed E-state index contributed by atoms with van der Waals surface area (Å²) in [5, 5.41) is 0.596. The van der Waals surface area contributed by atoms with E-state index in [-0.39, 0.29) is 11.5 Å². The number of nitrogens with zero attached hydrogens (tertiary/aromatic N) is 3. The maximum absolute atomic E-state index is 12.5. The van der Waals surface area contributed by atoms with Crippen molar-refractivity contribution in [2.24, 2.45) is 5.92 Å². The highest BCUT2D eigenvalue weighted by atomic mass is 35.5. The topological polar surface area (TPSA) is 64.2 Å². The molecular weight excluding hydrogens is 480 g/mol. The van der Waals surface area contributed by atoms with Crippen molar-refractivity contribution in [2.75, 3.05) is 10.6 Å². The molecule has 2 aromatic carbocycles. The zero-order chi connectivity index (χ0) is 28.4. The number of anilines is 3. The van der Waals surface area contributed by atoms with Gasteiger partial charge in [-0.3, -0.25) is 4.79 Å². The minimum atomic E-state index is -0.372. The molecule has 0 spiro atoms. The zero-order valence-corrected chi connectivity index (χ0v) is 24.2. The summed E-state index contributed by atoms with van der Waals surface area (Å²) in [6, 6.07) is 19.5. The molecule has 3 aromatic rings. The van der Waals surface area contributed by atoms with E-state index in [1.807, 2.05) is 112 Å². The van der Waals surface area contributed by atoms with Crippen molar-refractivity contribution in [3.8, 4) is 0 Å². The van der Waals surface area contributed by atoms with Crippen LogP contribution in [0.1, 0.15) is 52.8 Å². The zero-order valence-electron chi connectivity index (χ0n) is 23.4. The van der Waals surface area contributed by atoms with Crippen molar-refractivity contribution in [3.05, 3.63) is 119 Å². The SMILES string of the molecule is C=C(Cl)/C=C\C(C)C.C=CN(c1ccccc1)c1c(C)n(Cc2ccccc2)c(N)nc1=O.CC.CC. The number of para-hydroxylation sites is 1. The van der Waals surface area contributed by atoms with Gasteiger partial charge in [0.2, 0.25) is 5.95 Å². The third-order valence-corrected chi connectivity index (χ3v) is 4.87. The molecule has 0 amide bonds. The van der Waals surface area contributed by atoms with Crippen LogP contribution >= 0.6 is 11.6 Å². The highest BCUT2D eigenvalue weighted by Gasteiger charge is 2.18. The van der Waals surface area contributed by atoms with Crippen LogP contribution in [0.15, 0.2) is 102 Å². The van der Waals surface area contributed by atoms with Gasteiger partial charge >= 0.3 is 0 Å². The summed E-state index contributed by atoms with van der Waals surface area (Å²) in [7, 11) is 0. The van der Waals surface area contributed by atoms with Crippen LogP contribution in [-0.4, -0.2) is 9.55 Å². The molecule has 0 unspecified atom stereocenters. The van der Waals surface area contributed by atoms with Crippen LogP contribution in [0.5, 0.6) is 0 Å². The van der Waals surface area contributed by atoms with Gasteiger partial charge in [-0.2, -0.15) is 4.98 Å². The summed E-state index contributed by atoms with van der Waals surface area (Å²) < 4.78 is 1.84. The van der Waals surface area contributed by atoms with E-state index in [9.17, 15) is 4.79 Å². The van der Waals surface area contributed by atoms with Crippen molar-refractivity contribution in [1.29, 1.82) is 0 Å². The molecule has 0 saturated carbocycles. The van der Waals surface area contributed by atoms with E-state index in [0.717, 1.165) is 16.9 Å². The number of benzene rings is 2. The molecule has 5 nitrogen and oxygen atoms in total. The van der Waals surface area contributed by atoms with Gasteiger partial charge in [0.15, 0.2) is 0 Å². The summed E-state index contributed by atoms with van der Waals surface area (Å²) in [6.07, 6.45) is 5.44. The van der Waals surface area contributed by atoms with Crippen LogP contribution in [0.4, 0.5) is 17.3 Å². The minimum Gasteiger partial charge on any atom is -0.369 e. The molecule has 0 bridgehead atoms. The maximum atomic E-state index is 12.5. The van der Waals surface area contributed by atoms with E-state index in [1.54, 1.807) is 11.1 Å². The van der Waals surface area contributed by atoms with Gasteiger partial charge in [-0.15, -0.1) is 0 Å². The number of nitrogen functional groups attached to an aromatic ring is 1. The van der Waals surface area contributed by atoms with Crippen molar-refractivity contribution >= 4 is 28.9 Å². The number of aromatic nitrogens is 2. The number of allylic oxidation sites excluding steroid dienone is 3. The molecule has 0 fully saturated rings. The Morgan fingerprint density at radius 2 is 1.57 bits per heavy atom. The van der Waals surface area contributed by atoms with Crippen LogP contribution in [0.3, 0.4) is 0 Å². The smallest absolute Gasteiger partial charge is 0.298 e. The largest absolute Gasteiger partial charge is 0.369 e. The number of rotatable bonds is 7. The Labute approximate surface area is 228 Å². The molecule has 1 heterocycles. The Balaban J connectivity index is 0.000000917. The third-order valence-electron chi connectivity index (χ3n) is 4.75. The van der Waals surface area contributed by atoms with E-state index in [1.165, 1.54) is 0 Å². The normalized spacial score (nSPS) is 9.76. The number of hydrogen-bond donors (Lipinski definition) is 1. The van der Waals surface area contributed by atoms with Crippen LogP contribution in [0.25, 0.3) is 0 Å². The second kappa shape index (κ2) is 18.7. The number of halogens is 1. The van der Waals surface area contributed by atoms with E-state index in [2.05, 4.69) is 32.0 Å². The van der Waals surface area contributed by atoms with Gasteiger partial charge in [0.05, 0.1) is 6.54 Å². The Morgan fingerprint density at radius 1 is 1.05 bits per heavy atom. The average molecular weight is 523 g/mol. The van der Waals surface area contributed by atoms with E-state index in [4.69, 9.17) is 17.3 Å². The second-order valence-electron chi connectivity index (χ2n) is 7.72. The lowest BCUT2D eigenvalue weighted by atomic mass is 10.2. The Bertz CT molecular complexity index is 1150. The van der Waals surface area contributed by atoms with Gasteiger partial charge in [0.25, 0.3) is 5.56 Å². The maximum Gasteiger partial charge on any atom is 0.298 e. The first-order valence-corrected chi connectivity index (χ1v) is 13.0. The molecule has 2 N–H and O–H groups in total. The summed E-state index contributed by atoms with van der Waals surface area (Å²) in [6.45, 7) is 22.0. The predicted molar refractivity (Wildman–Crippen MR) is 164 cm³/mol. The van der Waals surface area contributed by atoms with Gasteiger partial charge in [-0.25, -0.2) is 0 Å². The first-order chi connectivity index (χ1) is 17.7. The van der Waals surface area contributed by atoms with Crippen LogP contribution in [0.2, 0.25) is 0 Å². The summed E-state index contributed by atoms with van der Waals surface area (Å²) >= 11 is 5.44. The lowest BCUT2D eigenvalue weighted by Gasteiger charge is -2.24. The van der Waals surface area contributed by atoms with E-state index >= 15 is 0 Å². The highest BCUT2D eigenvalue weighted by Crippen LogP contribution is 2.26. The summed E-state index contributed by atoms with van der Waals surface area (Å²) in [5.41, 5.74) is 8.77. The fourth-order valence-corrected chi connectivity index (χ4v) is 3.20. The van der Waals surface area contributed by atoms with E-state index < -0.39 is 0 Å². The quantitative estimate of drug-likeness (QED) is 0.316. The molecular formula is C31H43ClN4O. The molecule has 6 heteroatoms. The van der Waals surface area contributed by atoms with Crippen molar-refractivity contribution in [3.63, 3.8) is 0 Å². The Kier molecular flexibility index (Phi) is 16.9. The average Bonchev–Trinajstić information content (AvgIpc) is 2.91. The number of hydrogen-bond acceptors (Lipinski definition) is 4. The van der Waals surface area contributed by atoms with Crippen LogP contribution < -0.4 is 16.2 Å². The Hall–Kier alpha value is -3.57. The van der Waals surface area contributed by atoms with E-state index in [0.29, 0.717) is 23.2 Å². The number of nitrogens with two attached hydrogens (primary N) is 1. The Morgan fingerprint density at radius 3 is 2.00 bits per heavy atom. The predicted octanol–water partition coefficient (Wildman–Crippen LogP) is 8.47. The van der Waals surface area contributed by atoms with Crippen molar-refractivity contribution < 1.29 is 0 Å². The lowest BCUT2D eigenvalue weighted by molar-refractivity contribution is 0.746. The monoisotopic (exact) mass is 522 g/mol. The summed E-state index contributed by atoms with van der Waals surface area (Å²) in [5.74, 6) is 0.762. The second-order valence-corrected chi connectivity index (χ2v) is 8.20. The minimum absolute atomic E-state index is 0.201. The van der Waals surface area contributed by atoms with Gasteiger partial charge in [-0.05, 0) is 36.6 Å². The van der Waals surface area contributed by atoms with Crippen molar-refractivity contribution in [2.45, 2.75) is 55.0 Å². The molecule has 0 aliphatic heterocycles. The molecule has 37 heavy (non-hydrogen) atoms. The molecule has 0 aliphatic carbocycles. The molecule has 1 aromatic heterocycles. The van der Waals surface area contributed by atoms with Crippen LogP contribution in [-0.2, 0) is 6.54 Å². The molecule has 0 radical (unpaired) electrons. The van der Waals surface area contributed by atoms with Crippen LogP contribution in [0, 0.1) is 12.8 Å². The lowest BCUT2D eigenvalue weighted by Crippen LogP contribution is -2.27. The van der Waals surface area contributed by atoms with Gasteiger partial charge in [0.1, 0.15) is 5.69 Å². The highest BCUT2D eigenvalue weighted by molar-refractivity contribution is 6.30. The van der Waals surface area contributed by atoms with Gasteiger partial charge in [-0.1, -0.05) is 121 Å². The fourth-order valence-electron chi connectivity index (χ4n) is 3.13. The fraction of sp³-hybridized carbons (Fsp3) is 0.290. The molecule has 200 valence electrons. The van der Waals surface area contributed by atoms with Gasteiger partial charge < -0.3 is 15.2 Å². The van der Waals surface area contributed by atoms with Crippen molar-refractivity contribution in [1.82, 2.24) is 9.55 Å². The first kappa shape index (κ1) is 33.4. The first-order valence-electron chi connectivity index (χ1n) is 12.6. The summed E-state index contributed by atoms with van der Waals surface area (Å²) in [4.78, 5) is 18.3.